The van der Waals surface area contributed by atoms with Gasteiger partial charge in [0, 0.05) is 29.3 Å². The molecule has 5 heteroatoms. The van der Waals surface area contributed by atoms with Gasteiger partial charge < -0.3 is 9.88 Å². The summed E-state index contributed by atoms with van der Waals surface area (Å²) in [5.74, 6) is -0.875. The zero-order valence-electron chi connectivity index (χ0n) is 15.0. The first-order valence-corrected chi connectivity index (χ1v) is 8.95. The van der Waals surface area contributed by atoms with Gasteiger partial charge in [-0.1, -0.05) is 36.4 Å². The molecule has 140 valence electrons. The Hall–Kier alpha value is -3.47. The lowest BCUT2D eigenvalue weighted by Gasteiger charge is -2.05. The fraction of sp³-hybridized carbons (Fsp3) is 0.0870. The number of carbonyl (C=O) groups excluding carboxylic acids is 1. The lowest BCUT2D eigenvalue weighted by atomic mass is 10.1. The minimum Gasteiger partial charge on any atom is -0.343 e. The molecule has 0 aliphatic rings. The first-order chi connectivity index (χ1) is 13.6. The SMILES string of the molecule is O=C(Cc1cn(Cc2ccc(F)cc2)c2ccccc12)Nc1cccc(F)c1. The Bertz CT molecular complexity index is 1130. The third kappa shape index (κ3) is 3.93. The van der Waals surface area contributed by atoms with E-state index in [2.05, 4.69) is 5.32 Å². The van der Waals surface area contributed by atoms with Crippen molar-refractivity contribution >= 4 is 22.5 Å². The molecule has 0 aliphatic heterocycles. The average molecular weight is 376 g/mol. The molecule has 0 fully saturated rings. The van der Waals surface area contributed by atoms with Gasteiger partial charge >= 0.3 is 0 Å². The lowest BCUT2D eigenvalue weighted by Crippen LogP contribution is -2.14. The molecule has 0 radical (unpaired) electrons. The van der Waals surface area contributed by atoms with Crippen LogP contribution in [0.2, 0.25) is 0 Å². The van der Waals surface area contributed by atoms with E-state index in [1.54, 1.807) is 24.3 Å². The summed E-state index contributed by atoms with van der Waals surface area (Å²) in [5, 5.41) is 3.72. The quantitative estimate of drug-likeness (QED) is 0.514. The molecular formula is C23H18F2N2O. The molecule has 28 heavy (non-hydrogen) atoms. The van der Waals surface area contributed by atoms with Crippen LogP contribution >= 0.6 is 0 Å². The van der Waals surface area contributed by atoms with Gasteiger partial charge in [-0.2, -0.15) is 0 Å². The van der Waals surface area contributed by atoms with Crippen LogP contribution in [0.25, 0.3) is 10.9 Å². The summed E-state index contributed by atoms with van der Waals surface area (Å²) in [6.07, 6.45) is 2.12. The highest BCUT2D eigenvalue weighted by Crippen LogP contribution is 2.23. The standard InChI is InChI=1S/C23H18F2N2O/c24-18-10-8-16(9-11-18)14-27-15-17(21-6-1-2-7-22(21)27)12-23(28)26-20-5-3-4-19(25)13-20/h1-11,13,15H,12,14H2,(H,26,28). The number of nitrogens with zero attached hydrogens (tertiary/aromatic N) is 1. The number of hydrogen-bond acceptors (Lipinski definition) is 1. The number of para-hydroxylation sites is 1. The van der Waals surface area contributed by atoms with E-state index in [-0.39, 0.29) is 18.1 Å². The van der Waals surface area contributed by atoms with Gasteiger partial charge in [-0.3, -0.25) is 4.79 Å². The molecule has 0 atom stereocenters. The Morgan fingerprint density at radius 3 is 2.46 bits per heavy atom. The van der Waals surface area contributed by atoms with Crippen molar-refractivity contribution in [2.45, 2.75) is 13.0 Å². The molecule has 3 aromatic carbocycles. The second-order valence-electron chi connectivity index (χ2n) is 6.66. The van der Waals surface area contributed by atoms with E-state index in [1.807, 2.05) is 35.0 Å². The summed E-state index contributed by atoms with van der Waals surface area (Å²) in [6, 6.07) is 20.0. The normalized spacial score (nSPS) is 10.9. The molecule has 0 unspecified atom stereocenters. The second-order valence-corrected chi connectivity index (χ2v) is 6.66. The zero-order valence-corrected chi connectivity index (χ0v) is 15.0. The van der Waals surface area contributed by atoms with Crippen LogP contribution in [-0.2, 0) is 17.8 Å². The Morgan fingerprint density at radius 2 is 1.68 bits per heavy atom. The van der Waals surface area contributed by atoms with Gasteiger partial charge in [0.2, 0.25) is 5.91 Å². The van der Waals surface area contributed by atoms with E-state index < -0.39 is 5.82 Å². The van der Waals surface area contributed by atoms with Gasteiger partial charge in [0.1, 0.15) is 11.6 Å². The monoisotopic (exact) mass is 376 g/mol. The molecule has 0 saturated carbocycles. The van der Waals surface area contributed by atoms with Crippen LogP contribution in [0.4, 0.5) is 14.5 Å². The van der Waals surface area contributed by atoms with E-state index in [4.69, 9.17) is 0 Å². The molecule has 0 saturated heterocycles. The number of carbonyl (C=O) groups is 1. The van der Waals surface area contributed by atoms with E-state index >= 15 is 0 Å². The maximum atomic E-state index is 13.3. The molecule has 1 amide bonds. The summed E-state index contributed by atoms with van der Waals surface area (Å²) in [4.78, 5) is 12.5. The molecule has 0 spiro atoms. The number of fused-ring (bicyclic) bond motifs is 1. The Morgan fingerprint density at radius 1 is 0.893 bits per heavy atom. The zero-order chi connectivity index (χ0) is 19.5. The van der Waals surface area contributed by atoms with Gasteiger partial charge in [-0.05, 0) is 47.5 Å². The number of halogens is 2. The van der Waals surface area contributed by atoms with Crippen molar-refractivity contribution in [2.75, 3.05) is 5.32 Å². The molecule has 4 aromatic rings. The summed E-state index contributed by atoms with van der Waals surface area (Å²) in [6.45, 7) is 0.576. The van der Waals surface area contributed by atoms with Crippen LogP contribution in [0.15, 0.2) is 79.0 Å². The Kier molecular flexibility index (Phi) is 4.89. The molecule has 1 heterocycles. The number of hydrogen-bond donors (Lipinski definition) is 1. The van der Waals surface area contributed by atoms with Gasteiger partial charge in [0.15, 0.2) is 0 Å². The minimum absolute atomic E-state index is 0.174. The van der Waals surface area contributed by atoms with Crippen LogP contribution in [0.1, 0.15) is 11.1 Å². The topological polar surface area (TPSA) is 34.0 Å². The fourth-order valence-corrected chi connectivity index (χ4v) is 3.33. The van der Waals surface area contributed by atoms with Crippen LogP contribution in [0.3, 0.4) is 0 Å². The molecule has 1 N–H and O–H groups in total. The third-order valence-corrected chi connectivity index (χ3v) is 4.60. The number of nitrogens with one attached hydrogen (secondary N) is 1. The van der Waals surface area contributed by atoms with Gasteiger partial charge in [-0.25, -0.2) is 8.78 Å². The maximum Gasteiger partial charge on any atom is 0.228 e. The van der Waals surface area contributed by atoms with Crippen molar-refractivity contribution in [1.29, 1.82) is 0 Å². The van der Waals surface area contributed by atoms with Crippen LogP contribution in [-0.4, -0.2) is 10.5 Å². The highest BCUT2D eigenvalue weighted by atomic mass is 19.1. The highest BCUT2D eigenvalue weighted by molar-refractivity contribution is 5.96. The van der Waals surface area contributed by atoms with E-state index in [1.165, 1.54) is 24.3 Å². The van der Waals surface area contributed by atoms with Crippen LogP contribution < -0.4 is 5.32 Å². The van der Waals surface area contributed by atoms with Crippen LogP contribution in [0.5, 0.6) is 0 Å². The van der Waals surface area contributed by atoms with Crippen molar-refractivity contribution < 1.29 is 13.6 Å². The maximum absolute atomic E-state index is 13.3. The van der Waals surface area contributed by atoms with Crippen molar-refractivity contribution in [3.8, 4) is 0 Å². The second kappa shape index (κ2) is 7.64. The first kappa shape index (κ1) is 17.9. The summed E-state index contributed by atoms with van der Waals surface area (Å²) in [5.41, 5.74) is 3.28. The Balaban J connectivity index is 1.58. The summed E-state index contributed by atoms with van der Waals surface area (Å²) < 4.78 is 28.5. The Labute approximate surface area is 161 Å². The largest absolute Gasteiger partial charge is 0.343 e. The van der Waals surface area contributed by atoms with Gasteiger partial charge in [0.25, 0.3) is 0 Å². The van der Waals surface area contributed by atoms with Gasteiger partial charge in [0.05, 0.1) is 6.42 Å². The van der Waals surface area contributed by atoms with Gasteiger partial charge in [-0.15, -0.1) is 0 Å². The molecule has 0 bridgehead atoms. The lowest BCUT2D eigenvalue weighted by molar-refractivity contribution is -0.115. The highest BCUT2D eigenvalue weighted by Gasteiger charge is 2.12. The number of rotatable bonds is 5. The molecule has 0 aliphatic carbocycles. The first-order valence-electron chi connectivity index (χ1n) is 8.95. The molecule has 3 nitrogen and oxygen atoms in total. The third-order valence-electron chi connectivity index (χ3n) is 4.60. The van der Waals surface area contributed by atoms with E-state index in [9.17, 15) is 13.6 Å². The number of benzene rings is 3. The van der Waals surface area contributed by atoms with Crippen LogP contribution in [0, 0.1) is 11.6 Å². The predicted octanol–water partition coefficient (Wildman–Crippen LogP) is 5.15. The summed E-state index contributed by atoms with van der Waals surface area (Å²) in [7, 11) is 0. The van der Waals surface area contributed by atoms with Crippen molar-refractivity contribution in [1.82, 2.24) is 4.57 Å². The number of amides is 1. The fourth-order valence-electron chi connectivity index (χ4n) is 3.33. The average Bonchev–Trinajstić information content (AvgIpc) is 3.01. The summed E-state index contributed by atoms with van der Waals surface area (Å²) >= 11 is 0. The van der Waals surface area contributed by atoms with E-state index in [0.717, 1.165) is 22.0 Å². The van der Waals surface area contributed by atoms with Crippen molar-refractivity contribution in [3.05, 3.63) is 102 Å². The molecule has 1 aromatic heterocycles. The minimum atomic E-state index is -0.395. The smallest absolute Gasteiger partial charge is 0.228 e. The van der Waals surface area contributed by atoms with E-state index in [0.29, 0.717) is 12.2 Å². The molecule has 4 rings (SSSR count). The predicted molar refractivity (Wildman–Crippen MR) is 106 cm³/mol. The number of aromatic nitrogens is 1. The molecular weight excluding hydrogens is 358 g/mol. The van der Waals surface area contributed by atoms with Crippen molar-refractivity contribution in [2.24, 2.45) is 0 Å². The number of anilines is 1. The van der Waals surface area contributed by atoms with Crippen molar-refractivity contribution in [3.63, 3.8) is 0 Å².